The van der Waals surface area contributed by atoms with Gasteiger partial charge in [-0.1, -0.05) is 13.3 Å². The summed E-state index contributed by atoms with van der Waals surface area (Å²) in [5, 5.41) is 8.28. The lowest BCUT2D eigenvalue weighted by molar-refractivity contribution is 0.0455. The Morgan fingerprint density at radius 3 is 2.14 bits per heavy atom. The zero-order valence-corrected chi connectivity index (χ0v) is 9.13. The molecule has 0 fully saturated rings. The third-order valence-corrected chi connectivity index (χ3v) is 1.84. The molecule has 0 bridgehead atoms. The van der Waals surface area contributed by atoms with Gasteiger partial charge in [-0.05, 0) is 19.3 Å². The van der Waals surface area contributed by atoms with E-state index >= 15 is 0 Å². The van der Waals surface area contributed by atoms with Crippen molar-refractivity contribution >= 4 is 0 Å². The number of hydrogen-bond acceptors (Lipinski definition) is 3. The minimum atomic E-state index is 0.635. The van der Waals surface area contributed by atoms with Gasteiger partial charge in [-0.2, -0.15) is 5.26 Å². The average Bonchev–Trinajstić information content (AvgIpc) is 2.21. The van der Waals surface area contributed by atoms with Crippen LogP contribution < -0.4 is 0 Å². The van der Waals surface area contributed by atoms with Crippen LogP contribution in [0.25, 0.3) is 0 Å². The molecule has 82 valence electrons. The van der Waals surface area contributed by atoms with Gasteiger partial charge in [-0.15, -0.1) is 0 Å². The summed E-state index contributed by atoms with van der Waals surface area (Å²) in [4.78, 5) is 0. The summed E-state index contributed by atoms with van der Waals surface area (Å²) in [6.45, 7) is 5.11. The molecule has 0 amide bonds. The summed E-state index contributed by atoms with van der Waals surface area (Å²) in [6, 6.07) is 2.11. The summed E-state index contributed by atoms with van der Waals surface area (Å²) < 4.78 is 10.7. The standard InChI is InChI=1S/C11H21NO2/c1-2-3-8-13-10-11-14-9-6-4-5-7-12/h2-6,8-11H2,1H3. The number of hydrogen-bond donors (Lipinski definition) is 0. The Labute approximate surface area is 87.0 Å². The van der Waals surface area contributed by atoms with Crippen molar-refractivity contribution < 1.29 is 9.47 Å². The number of nitrogens with zero attached hydrogens (tertiary/aromatic N) is 1. The predicted molar refractivity (Wildman–Crippen MR) is 56.0 cm³/mol. The molecule has 0 aromatic carbocycles. The van der Waals surface area contributed by atoms with Crippen LogP contribution in [-0.2, 0) is 9.47 Å². The molecule has 0 radical (unpaired) electrons. The van der Waals surface area contributed by atoms with Crippen molar-refractivity contribution in [3.63, 3.8) is 0 Å². The van der Waals surface area contributed by atoms with Gasteiger partial charge in [-0.3, -0.25) is 0 Å². The van der Waals surface area contributed by atoms with Gasteiger partial charge in [0.15, 0.2) is 0 Å². The first kappa shape index (κ1) is 13.4. The highest BCUT2D eigenvalue weighted by atomic mass is 16.5. The zero-order chi connectivity index (χ0) is 10.5. The van der Waals surface area contributed by atoms with Crippen LogP contribution >= 0.6 is 0 Å². The van der Waals surface area contributed by atoms with E-state index in [0.29, 0.717) is 19.6 Å². The van der Waals surface area contributed by atoms with Crippen LogP contribution in [0.4, 0.5) is 0 Å². The van der Waals surface area contributed by atoms with Gasteiger partial charge in [0.1, 0.15) is 0 Å². The molecule has 0 aliphatic carbocycles. The molecule has 3 nitrogen and oxygen atoms in total. The van der Waals surface area contributed by atoms with Crippen molar-refractivity contribution in [1.29, 1.82) is 5.26 Å². The Kier molecular flexibility index (Phi) is 11.9. The number of rotatable bonds is 10. The lowest BCUT2D eigenvalue weighted by Crippen LogP contribution is -2.06. The van der Waals surface area contributed by atoms with Crippen LogP contribution in [0.15, 0.2) is 0 Å². The maximum absolute atomic E-state index is 8.28. The Balaban J connectivity index is 2.82. The highest BCUT2D eigenvalue weighted by Crippen LogP contribution is 1.94. The Morgan fingerprint density at radius 1 is 0.929 bits per heavy atom. The van der Waals surface area contributed by atoms with Crippen molar-refractivity contribution in [2.45, 2.75) is 39.0 Å². The Hall–Kier alpha value is -0.590. The van der Waals surface area contributed by atoms with Crippen molar-refractivity contribution in [2.24, 2.45) is 0 Å². The molecule has 0 aromatic rings. The third-order valence-electron chi connectivity index (χ3n) is 1.84. The monoisotopic (exact) mass is 199 g/mol. The summed E-state index contributed by atoms with van der Waals surface area (Å²) in [5.74, 6) is 0. The van der Waals surface area contributed by atoms with Crippen molar-refractivity contribution in [2.75, 3.05) is 26.4 Å². The van der Waals surface area contributed by atoms with Crippen LogP contribution in [0.1, 0.15) is 39.0 Å². The fraction of sp³-hybridized carbons (Fsp3) is 0.909. The second-order valence-electron chi connectivity index (χ2n) is 3.19. The number of ether oxygens (including phenoxy) is 2. The molecule has 0 N–H and O–H groups in total. The van der Waals surface area contributed by atoms with Crippen molar-refractivity contribution in [1.82, 2.24) is 0 Å². The SMILES string of the molecule is CCCCOCCOCCCCC#N. The highest BCUT2D eigenvalue weighted by molar-refractivity contribution is 4.67. The molecule has 3 heteroatoms. The van der Waals surface area contributed by atoms with Crippen LogP contribution in [-0.4, -0.2) is 26.4 Å². The normalized spacial score (nSPS) is 10.0. The molecule has 14 heavy (non-hydrogen) atoms. The second kappa shape index (κ2) is 12.4. The van der Waals surface area contributed by atoms with Gasteiger partial charge >= 0.3 is 0 Å². The van der Waals surface area contributed by atoms with Crippen molar-refractivity contribution in [3.05, 3.63) is 0 Å². The lowest BCUT2D eigenvalue weighted by Gasteiger charge is -2.04. The molecule has 0 aliphatic heterocycles. The topological polar surface area (TPSA) is 42.2 Å². The van der Waals surface area contributed by atoms with E-state index in [9.17, 15) is 0 Å². The average molecular weight is 199 g/mol. The summed E-state index contributed by atoms with van der Waals surface area (Å²) >= 11 is 0. The quantitative estimate of drug-likeness (QED) is 0.508. The lowest BCUT2D eigenvalue weighted by atomic mass is 10.3. The van der Waals surface area contributed by atoms with E-state index in [1.165, 1.54) is 6.42 Å². The van der Waals surface area contributed by atoms with Crippen molar-refractivity contribution in [3.8, 4) is 6.07 Å². The second-order valence-corrected chi connectivity index (χ2v) is 3.19. The summed E-state index contributed by atoms with van der Waals surface area (Å²) in [7, 11) is 0. The van der Waals surface area contributed by atoms with Gasteiger partial charge in [0.2, 0.25) is 0 Å². The first-order valence-electron chi connectivity index (χ1n) is 5.44. The van der Waals surface area contributed by atoms with Crippen LogP contribution in [0, 0.1) is 11.3 Å². The van der Waals surface area contributed by atoms with E-state index in [0.717, 1.165) is 32.5 Å². The number of unbranched alkanes of at least 4 members (excludes halogenated alkanes) is 3. The minimum Gasteiger partial charge on any atom is -0.379 e. The predicted octanol–water partition coefficient (Wildman–Crippen LogP) is 2.51. The smallest absolute Gasteiger partial charge is 0.0700 e. The van der Waals surface area contributed by atoms with Gasteiger partial charge in [0.05, 0.1) is 19.3 Å². The van der Waals surface area contributed by atoms with Gasteiger partial charge in [0.25, 0.3) is 0 Å². The van der Waals surface area contributed by atoms with Crippen LogP contribution in [0.3, 0.4) is 0 Å². The van der Waals surface area contributed by atoms with Crippen LogP contribution in [0.2, 0.25) is 0 Å². The number of nitriles is 1. The van der Waals surface area contributed by atoms with E-state index in [1.54, 1.807) is 0 Å². The summed E-state index contributed by atoms with van der Waals surface area (Å²) in [6.07, 6.45) is 4.85. The third kappa shape index (κ3) is 11.4. The fourth-order valence-electron chi connectivity index (χ4n) is 0.977. The van der Waals surface area contributed by atoms with E-state index in [2.05, 4.69) is 13.0 Å². The van der Waals surface area contributed by atoms with Crippen LogP contribution in [0.5, 0.6) is 0 Å². The summed E-state index contributed by atoms with van der Waals surface area (Å²) in [5.41, 5.74) is 0. The molecule has 0 aliphatic rings. The van der Waals surface area contributed by atoms with E-state index in [4.69, 9.17) is 14.7 Å². The molecule has 0 heterocycles. The molecule has 0 aromatic heterocycles. The van der Waals surface area contributed by atoms with Gasteiger partial charge in [0, 0.05) is 19.6 Å². The largest absolute Gasteiger partial charge is 0.379 e. The van der Waals surface area contributed by atoms with Gasteiger partial charge in [-0.25, -0.2) is 0 Å². The van der Waals surface area contributed by atoms with E-state index in [1.807, 2.05) is 0 Å². The molecule has 0 saturated heterocycles. The molecule has 0 saturated carbocycles. The van der Waals surface area contributed by atoms with Gasteiger partial charge < -0.3 is 9.47 Å². The maximum Gasteiger partial charge on any atom is 0.0700 e. The zero-order valence-electron chi connectivity index (χ0n) is 9.13. The molecular weight excluding hydrogens is 178 g/mol. The minimum absolute atomic E-state index is 0.635. The molecule has 0 spiro atoms. The van der Waals surface area contributed by atoms with E-state index in [-0.39, 0.29) is 0 Å². The van der Waals surface area contributed by atoms with E-state index < -0.39 is 0 Å². The Bertz CT molecular complexity index is 143. The molecular formula is C11H21NO2. The first-order chi connectivity index (χ1) is 6.91. The molecule has 0 rings (SSSR count). The molecule has 0 atom stereocenters. The molecule has 0 unspecified atom stereocenters. The maximum atomic E-state index is 8.28. The first-order valence-corrected chi connectivity index (χ1v) is 5.44. The highest BCUT2D eigenvalue weighted by Gasteiger charge is 1.90. The fourth-order valence-corrected chi connectivity index (χ4v) is 0.977. The Morgan fingerprint density at radius 2 is 1.57 bits per heavy atom.